The normalized spacial score (nSPS) is 13.0. The minimum absolute atomic E-state index is 0. The van der Waals surface area contributed by atoms with E-state index in [1.807, 2.05) is 32.9 Å². The van der Waals surface area contributed by atoms with Gasteiger partial charge in [-0.2, -0.15) is 0 Å². The molecule has 5 rings (SSSR count). The van der Waals surface area contributed by atoms with Crippen molar-refractivity contribution in [3.05, 3.63) is 72.8 Å². The predicted molar refractivity (Wildman–Crippen MR) is 116 cm³/mol. The summed E-state index contributed by atoms with van der Waals surface area (Å²) in [6.45, 7) is 6.08. The van der Waals surface area contributed by atoms with Gasteiger partial charge in [-0.3, -0.25) is 0 Å². The summed E-state index contributed by atoms with van der Waals surface area (Å²) in [5.74, 6) is 1.66. The maximum absolute atomic E-state index is 6.37. The van der Waals surface area contributed by atoms with E-state index < -0.39 is 15.1 Å². The van der Waals surface area contributed by atoms with E-state index in [2.05, 4.69) is 60.7 Å². The molecule has 1 aliphatic heterocycles. The van der Waals surface area contributed by atoms with Crippen molar-refractivity contribution < 1.29 is 31.7 Å². The molecular formula is C24H22AlLiO3. The molecule has 4 aromatic rings. The second-order valence-electron chi connectivity index (χ2n) is 8.07. The van der Waals surface area contributed by atoms with E-state index >= 15 is 0 Å². The Balaban J connectivity index is 0.00000128. The van der Waals surface area contributed by atoms with E-state index in [1.54, 1.807) is 0 Å². The largest absolute Gasteiger partial charge is 1.10 e. The Kier molecular flexibility index (Phi) is 5.43. The first-order chi connectivity index (χ1) is 13.5. The molecule has 1 heterocycles. The average molecular weight is 392 g/mol. The molecular weight excluding hydrogens is 370 g/mol. The summed E-state index contributed by atoms with van der Waals surface area (Å²) >= 11 is -2.43. The summed E-state index contributed by atoms with van der Waals surface area (Å²) < 4.78 is 18.9. The van der Waals surface area contributed by atoms with Crippen LogP contribution in [0, 0.1) is 0 Å². The molecule has 140 valence electrons. The molecule has 0 bridgehead atoms. The molecule has 29 heavy (non-hydrogen) atoms. The topological polar surface area (TPSA) is 27.7 Å². The summed E-state index contributed by atoms with van der Waals surface area (Å²) in [5, 5.41) is 4.68. The summed E-state index contributed by atoms with van der Waals surface area (Å²) in [7, 11) is 0. The van der Waals surface area contributed by atoms with Crippen LogP contribution in [0.15, 0.2) is 72.8 Å². The Morgan fingerprint density at radius 2 is 1.14 bits per heavy atom. The summed E-state index contributed by atoms with van der Waals surface area (Å²) in [6, 6.07) is 25.1. The van der Waals surface area contributed by atoms with Crippen LogP contribution < -0.4 is 26.4 Å². The van der Waals surface area contributed by atoms with Crippen molar-refractivity contribution in [3.8, 4) is 22.6 Å². The van der Waals surface area contributed by atoms with Gasteiger partial charge < -0.3 is 12.8 Å². The van der Waals surface area contributed by atoms with Gasteiger partial charge >= 0.3 is 34.0 Å². The number of hydrogen-bond acceptors (Lipinski definition) is 3. The zero-order chi connectivity index (χ0) is 19.3. The molecule has 4 aromatic carbocycles. The Morgan fingerprint density at radius 1 is 0.690 bits per heavy atom. The van der Waals surface area contributed by atoms with Gasteiger partial charge in [-0.05, 0) is 54.4 Å². The third-order valence-corrected chi connectivity index (χ3v) is 6.72. The van der Waals surface area contributed by atoms with Crippen LogP contribution in [0.1, 0.15) is 22.2 Å². The van der Waals surface area contributed by atoms with Crippen LogP contribution in [0.5, 0.6) is 11.5 Å². The van der Waals surface area contributed by atoms with Crippen molar-refractivity contribution in [3.63, 3.8) is 0 Å². The Hall–Kier alpha value is -1.91. The van der Waals surface area contributed by atoms with E-state index in [0.717, 1.165) is 33.4 Å². The van der Waals surface area contributed by atoms with E-state index in [0.29, 0.717) is 0 Å². The van der Waals surface area contributed by atoms with Crippen LogP contribution in [0.2, 0.25) is 0 Å². The molecule has 0 fully saturated rings. The second kappa shape index (κ2) is 7.73. The van der Waals surface area contributed by atoms with Crippen LogP contribution in [0.3, 0.4) is 0 Å². The molecule has 0 N–H and O–H groups in total. The fourth-order valence-electron chi connectivity index (χ4n) is 3.78. The van der Waals surface area contributed by atoms with Crippen molar-refractivity contribution in [1.29, 1.82) is 0 Å². The first-order valence-corrected chi connectivity index (χ1v) is 11.0. The van der Waals surface area contributed by atoms with Crippen LogP contribution >= 0.6 is 0 Å². The molecule has 0 amide bonds. The predicted octanol–water partition coefficient (Wildman–Crippen LogP) is 3.35. The molecule has 1 aliphatic rings. The molecule has 0 spiro atoms. The second-order valence-corrected chi connectivity index (χ2v) is 9.36. The summed E-state index contributed by atoms with van der Waals surface area (Å²) in [5.41, 5.74) is 1.82. The zero-order valence-corrected chi connectivity index (χ0v) is 18.4. The van der Waals surface area contributed by atoms with E-state index in [9.17, 15) is 0 Å². The van der Waals surface area contributed by atoms with Crippen LogP contribution in [0.25, 0.3) is 32.7 Å². The van der Waals surface area contributed by atoms with Crippen molar-refractivity contribution in [2.24, 2.45) is 0 Å². The quantitative estimate of drug-likeness (QED) is 0.465. The number of rotatable bonds is 1. The molecule has 0 unspecified atom stereocenters. The van der Waals surface area contributed by atoms with Gasteiger partial charge in [0.25, 0.3) is 0 Å². The minimum atomic E-state index is -2.43. The van der Waals surface area contributed by atoms with Gasteiger partial charge in [0, 0.05) is 16.7 Å². The van der Waals surface area contributed by atoms with Gasteiger partial charge in [-0.15, -0.1) is 0 Å². The van der Waals surface area contributed by atoms with Gasteiger partial charge in [0.15, 0.2) is 0 Å². The van der Waals surface area contributed by atoms with Gasteiger partial charge in [-0.1, -0.05) is 60.7 Å². The number of hydrogen-bond donors (Lipinski definition) is 0. The first kappa shape index (κ1) is 20.4. The van der Waals surface area contributed by atoms with Gasteiger partial charge in [0.1, 0.15) is 0 Å². The van der Waals surface area contributed by atoms with E-state index in [-0.39, 0.29) is 25.9 Å². The zero-order valence-electron chi connectivity index (χ0n) is 18.2. The van der Waals surface area contributed by atoms with E-state index in [4.69, 9.17) is 11.4 Å². The third kappa shape index (κ3) is 3.80. The maximum atomic E-state index is 6.37. The van der Waals surface area contributed by atoms with Gasteiger partial charge in [-0.25, -0.2) is 0 Å². The summed E-state index contributed by atoms with van der Waals surface area (Å²) in [6.07, 6.45) is 0. The first-order valence-electron chi connectivity index (χ1n) is 9.55. The average Bonchev–Trinajstić information content (AvgIpc) is 2.82. The number of benzene rings is 4. The van der Waals surface area contributed by atoms with Crippen molar-refractivity contribution >= 4 is 36.7 Å². The molecule has 0 radical (unpaired) electrons. The van der Waals surface area contributed by atoms with Crippen molar-refractivity contribution in [2.75, 3.05) is 0 Å². The molecule has 0 saturated heterocycles. The fourth-order valence-corrected chi connectivity index (χ4v) is 5.31. The minimum Gasteiger partial charge on any atom is -1.00 e. The third-order valence-electron chi connectivity index (χ3n) is 4.93. The van der Waals surface area contributed by atoms with Crippen molar-refractivity contribution in [2.45, 2.75) is 26.4 Å². The SMILES string of the molecule is CC(C)(C)[O][Al]1[O]c2ccc3ccccc3c2-c2c(ccc3ccccc23)[O]1.[H-].[Li+]. The molecule has 0 saturated carbocycles. The van der Waals surface area contributed by atoms with Crippen LogP contribution in [-0.4, -0.2) is 20.8 Å². The van der Waals surface area contributed by atoms with Crippen LogP contribution in [0.4, 0.5) is 0 Å². The molecule has 5 heteroatoms. The Labute approximate surface area is 189 Å². The standard InChI is InChI=1S/C20H14O2.C4H9O.Al.Li.H/c21-17-11-9-13-5-1-3-7-15(13)19(17)20-16-8-4-2-6-14(16)10-12-18(20)22;1-4(2,3)5;;;/h1-12,21-22H;1-3H3;;;/q;-1;+3;+1;-1/p-2. The molecule has 0 aromatic heterocycles. The monoisotopic (exact) mass is 392 g/mol. The fraction of sp³-hybridized carbons (Fsp3) is 0.167. The smallest absolute Gasteiger partial charge is 1.00 e. The Bertz CT molecular complexity index is 1120. The number of fused-ring (bicyclic) bond motifs is 7. The van der Waals surface area contributed by atoms with Crippen LogP contribution in [-0.2, 0) is 3.79 Å². The maximum Gasteiger partial charge on any atom is 1.10 e. The summed E-state index contributed by atoms with van der Waals surface area (Å²) in [4.78, 5) is 0. The van der Waals surface area contributed by atoms with E-state index in [1.165, 1.54) is 10.8 Å². The van der Waals surface area contributed by atoms with Gasteiger partial charge in [0.05, 0.1) is 11.5 Å². The van der Waals surface area contributed by atoms with Crippen molar-refractivity contribution in [1.82, 2.24) is 0 Å². The Morgan fingerprint density at radius 3 is 1.59 bits per heavy atom. The van der Waals surface area contributed by atoms with Gasteiger partial charge in [0.2, 0.25) is 0 Å². The molecule has 3 nitrogen and oxygen atoms in total. The molecule has 0 atom stereocenters. The molecule has 0 aliphatic carbocycles.